The third-order valence-corrected chi connectivity index (χ3v) is 5.01. The minimum absolute atomic E-state index is 0.0827. The zero-order valence-corrected chi connectivity index (χ0v) is 16.0. The van der Waals surface area contributed by atoms with E-state index in [-0.39, 0.29) is 5.91 Å². The smallest absolute Gasteiger partial charge is 0.289 e. The van der Waals surface area contributed by atoms with Gasteiger partial charge in [-0.25, -0.2) is 4.98 Å². The van der Waals surface area contributed by atoms with Gasteiger partial charge in [0.15, 0.2) is 5.76 Å². The highest BCUT2D eigenvalue weighted by Crippen LogP contribution is 2.18. The van der Waals surface area contributed by atoms with Crippen LogP contribution in [0.25, 0.3) is 0 Å². The number of nitrogens with one attached hydrogen (secondary N) is 1. The van der Waals surface area contributed by atoms with Gasteiger partial charge < -0.3 is 19.5 Å². The van der Waals surface area contributed by atoms with Crippen LogP contribution in [0, 0.1) is 0 Å². The predicted molar refractivity (Wildman–Crippen MR) is 108 cm³/mol. The van der Waals surface area contributed by atoms with Crippen molar-refractivity contribution < 1.29 is 9.21 Å². The number of halogens is 1. The highest BCUT2D eigenvalue weighted by Gasteiger charge is 2.24. The number of hydrogen-bond acceptors (Lipinski definition) is 6. The molecule has 0 atom stereocenters. The van der Waals surface area contributed by atoms with Crippen molar-refractivity contribution in [3.8, 4) is 0 Å². The third-order valence-electron chi connectivity index (χ3n) is 4.64. The molecule has 0 spiro atoms. The second-order valence-corrected chi connectivity index (χ2v) is 6.85. The zero-order valence-electron chi connectivity index (χ0n) is 15.2. The lowest BCUT2D eigenvalue weighted by atomic mass is 10.2. The van der Waals surface area contributed by atoms with Gasteiger partial charge in [0.05, 0.1) is 6.26 Å². The Balaban J connectivity index is 1.36. The second kappa shape index (κ2) is 8.31. The Hall–Kier alpha value is -3.06. The van der Waals surface area contributed by atoms with Gasteiger partial charge >= 0.3 is 0 Å². The van der Waals surface area contributed by atoms with Gasteiger partial charge in [-0.15, -0.1) is 0 Å². The van der Waals surface area contributed by atoms with Gasteiger partial charge in [-0.3, -0.25) is 4.79 Å². The molecule has 1 N–H and O–H groups in total. The maximum atomic E-state index is 12.4. The molecule has 3 heterocycles. The molecular weight excluding hydrogens is 378 g/mol. The molecule has 7 nitrogen and oxygen atoms in total. The van der Waals surface area contributed by atoms with Crippen LogP contribution in [0.2, 0.25) is 5.02 Å². The van der Waals surface area contributed by atoms with Gasteiger partial charge in [0.25, 0.3) is 5.91 Å². The van der Waals surface area contributed by atoms with Crippen molar-refractivity contribution in [2.24, 2.45) is 0 Å². The minimum atomic E-state index is -0.0827. The van der Waals surface area contributed by atoms with E-state index < -0.39 is 0 Å². The summed E-state index contributed by atoms with van der Waals surface area (Å²) in [5.74, 6) is 1.67. The van der Waals surface area contributed by atoms with E-state index in [0.29, 0.717) is 44.4 Å². The molecule has 1 aromatic carbocycles. The van der Waals surface area contributed by atoms with Crippen LogP contribution in [0.1, 0.15) is 16.1 Å². The van der Waals surface area contributed by atoms with Crippen LogP contribution >= 0.6 is 11.6 Å². The molecule has 0 radical (unpaired) electrons. The number of piperazine rings is 1. The number of nitrogens with zero attached hydrogens (tertiary/aromatic N) is 4. The summed E-state index contributed by atoms with van der Waals surface area (Å²) in [6, 6.07) is 12.9. The van der Waals surface area contributed by atoms with Crippen LogP contribution in [0.3, 0.4) is 0 Å². The van der Waals surface area contributed by atoms with Crippen molar-refractivity contribution in [2.75, 3.05) is 36.4 Å². The molecule has 2 aromatic heterocycles. The van der Waals surface area contributed by atoms with E-state index in [1.54, 1.807) is 23.2 Å². The molecule has 1 fully saturated rings. The molecule has 0 bridgehead atoms. The Bertz CT molecular complexity index is 939. The number of rotatable bonds is 5. The van der Waals surface area contributed by atoms with Crippen molar-refractivity contribution in [1.29, 1.82) is 0 Å². The average molecular weight is 398 g/mol. The van der Waals surface area contributed by atoms with E-state index in [0.717, 1.165) is 16.4 Å². The predicted octanol–water partition coefficient (Wildman–Crippen LogP) is 3.30. The van der Waals surface area contributed by atoms with Crippen LogP contribution in [0.15, 0.2) is 59.3 Å². The maximum Gasteiger partial charge on any atom is 0.289 e. The fraction of sp³-hybridized carbons (Fsp3) is 0.250. The highest BCUT2D eigenvalue weighted by molar-refractivity contribution is 6.31. The number of furan rings is 1. The number of carbonyl (C=O) groups is 1. The molecule has 0 unspecified atom stereocenters. The fourth-order valence-corrected chi connectivity index (χ4v) is 3.29. The molecule has 8 heteroatoms. The standard InChI is InChI=1S/C20H20ClN5O2/c21-16-5-2-1-4-15(16)14-23-18-7-8-22-20(24-18)26-11-9-25(10-12-26)19(27)17-6-3-13-28-17/h1-8,13H,9-12,14H2,(H,22,23,24). The Morgan fingerprint density at radius 1 is 1.11 bits per heavy atom. The lowest BCUT2D eigenvalue weighted by Crippen LogP contribution is -2.49. The first-order valence-corrected chi connectivity index (χ1v) is 9.46. The number of hydrogen-bond donors (Lipinski definition) is 1. The monoisotopic (exact) mass is 397 g/mol. The molecule has 28 heavy (non-hydrogen) atoms. The summed E-state index contributed by atoms with van der Waals surface area (Å²) >= 11 is 6.20. The number of carbonyl (C=O) groups excluding carboxylic acids is 1. The molecule has 1 amide bonds. The molecule has 1 saturated heterocycles. The summed E-state index contributed by atoms with van der Waals surface area (Å²) in [4.78, 5) is 25.2. The Morgan fingerprint density at radius 2 is 1.93 bits per heavy atom. The zero-order chi connectivity index (χ0) is 19.3. The van der Waals surface area contributed by atoms with Gasteiger partial charge in [-0.05, 0) is 29.8 Å². The van der Waals surface area contributed by atoms with Gasteiger partial charge in [0, 0.05) is 43.9 Å². The Labute approximate surface area is 167 Å². The van der Waals surface area contributed by atoms with Crippen LogP contribution in [-0.4, -0.2) is 47.0 Å². The van der Waals surface area contributed by atoms with Crippen molar-refractivity contribution in [3.63, 3.8) is 0 Å². The molecule has 1 aliphatic heterocycles. The third kappa shape index (κ3) is 4.09. The highest BCUT2D eigenvalue weighted by atomic mass is 35.5. The largest absolute Gasteiger partial charge is 0.459 e. The van der Waals surface area contributed by atoms with Gasteiger partial charge in [0.2, 0.25) is 5.95 Å². The first-order valence-electron chi connectivity index (χ1n) is 9.09. The van der Waals surface area contributed by atoms with Crippen LogP contribution in [0.5, 0.6) is 0 Å². The summed E-state index contributed by atoms with van der Waals surface area (Å²) in [6.07, 6.45) is 3.25. The number of aromatic nitrogens is 2. The topological polar surface area (TPSA) is 74.5 Å². The number of benzene rings is 1. The van der Waals surface area contributed by atoms with E-state index in [1.807, 2.05) is 30.3 Å². The number of amides is 1. The second-order valence-electron chi connectivity index (χ2n) is 6.44. The van der Waals surface area contributed by atoms with E-state index in [2.05, 4.69) is 20.2 Å². The van der Waals surface area contributed by atoms with Crippen molar-refractivity contribution >= 4 is 29.3 Å². The van der Waals surface area contributed by atoms with Crippen molar-refractivity contribution in [2.45, 2.75) is 6.54 Å². The van der Waals surface area contributed by atoms with E-state index in [9.17, 15) is 4.79 Å². The Morgan fingerprint density at radius 3 is 2.68 bits per heavy atom. The molecule has 1 aliphatic rings. The molecule has 3 aromatic rings. The van der Waals surface area contributed by atoms with Crippen molar-refractivity contribution in [3.05, 3.63) is 71.3 Å². The first kappa shape index (κ1) is 18.3. The van der Waals surface area contributed by atoms with Gasteiger partial charge in [0.1, 0.15) is 5.82 Å². The first-order chi connectivity index (χ1) is 13.7. The average Bonchev–Trinajstić information content (AvgIpc) is 3.28. The van der Waals surface area contributed by atoms with Crippen molar-refractivity contribution in [1.82, 2.24) is 14.9 Å². The molecule has 144 valence electrons. The molecule has 4 rings (SSSR count). The lowest BCUT2D eigenvalue weighted by molar-refractivity contribution is 0.0714. The molecular formula is C20H20ClN5O2. The van der Waals surface area contributed by atoms with E-state index in [1.165, 1.54) is 6.26 Å². The van der Waals surface area contributed by atoms with E-state index >= 15 is 0 Å². The summed E-state index contributed by atoms with van der Waals surface area (Å²) < 4.78 is 5.20. The van der Waals surface area contributed by atoms with Gasteiger partial charge in [-0.2, -0.15) is 4.98 Å². The molecule has 0 aliphatic carbocycles. The van der Waals surface area contributed by atoms with E-state index in [4.69, 9.17) is 16.0 Å². The van der Waals surface area contributed by atoms with Crippen LogP contribution in [-0.2, 0) is 6.54 Å². The maximum absolute atomic E-state index is 12.4. The lowest BCUT2D eigenvalue weighted by Gasteiger charge is -2.34. The van der Waals surface area contributed by atoms with Crippen LogP contribution in [0.4, 0.5) is 11.8 Å². The normalized spacial score (nSPS) is 14.2. The number of anilines is 2. The molecule has 0 saturated carbocycles. The van der Waals surface area contributed by atoms with Gasteiger partial charge in [-0.1, -0.05) is 29.8 Å². The fourth-order valence-electron chi connectivity index (χ4n) is 3.09. The summed E-state index contributed by atoms with van der Waals surface area (Å²) in [5.41, 5.74) is 1.01. The van der Waals surface area contributed by atoms with Crippen LogP contribution < -0.4 is 10.2 Å². The summed E-state index contributed by atoms with van der Waals surface area (Å²) in [7, 11) is 0. The quantitative estimate of drug-likeness (QED) is 0.712. The summed E-state index contributed by atoms with van der Waals surface area (Å²) in [5, 5.41) is 4.01. The summed E-state index contributed by atoms with van der Waals surface area (Å²) in [6.45, 7) is 3.11. The Kier molecular flexibility index (Phi) is 5.43. The minimum Gasteiger partial charge on any atom is -0.459 e. The SMILES string of the molecule is O=C(c1ccco1)N1CCN(c2nccc(NCc3ccccc3Cl)n2)CC1.